The van der Waals surface area contributed by atoms with Gasteiger partial charge in [-0.05, 0) is 44.5 Å². The molecule has 0 aromatic heterocycles. The van der Waals surface area contributed by atoms with Crippen LogP contribution in [0.2, 0.25) is 0 Å². The lowest BCUT2D eigenvalue weighted by atomic mass is 10.1. The highest BCUT2D eigenvalue weighted by atomic mass is 16.1. The van der Waals surface area contributed by atoms with Crippen LogP contribution in [0.15, 0.2) is 29.3 Å². The number of rotatable bonds is 9. The van der Waals surface area contributed by atoms with Crippen molar-refractivity contribution in [2.75, 3.05) is 40.8 Å². The number of amides is 1. The molecule has 0 bridgehead atoms. The van der Waals surface area contributed by atoms with Gasteiger partial charge in [0.05, 0.1) is 0 Å². The molecular weight excluding hydrogens is 314 g/mol. The molecule has 1 atom stereocenters. The van der Waals surface area contributed by atoms with Crippen molar-refractivity contribution in [3.63, 3.8) is 0 Å². The highest BCUT2D eigenvalue weighted by molar-refractivity contribution is 5.94. The van der Waals surface area contributed by atoms with E-state index in [4.69, 9.17) is 0 Å². The predicted octanol–water partition coefficient (Wildman–Crippen LogP) is 1.48. The number of nitrogens with one attached hydrogen (secondary N) is 3. The van der Waals surface area contributed by atoms with Crippen molar-refractivity contribution >= 4 is 11.9 Å². The van der Waals surface area contributed by atoms with Crippen molar-refractivity contribution < 1.29 is 4.79 Å². The minimum Gasteiger partial charge on any atom is -0.356 e. The fourth-order valence-corrected chi connectivity index (χ4v) is 2.44. The first-order chi connectivity index (χ1) is 12.0. The van der Waals surface area contributed by atoms with Crippen LogP contribution in [0, 0.1) is 0 Å². The number of benzene rings is 1. The molecule has 1 amide bonds. The van der Waals surface area contributed by atoms with Crippen LogP contribution in [-0.4, -0.2) is 63.6 Å². The first-order valence-corrected chi connectivity index (χ1v) is 8.97. The van der Waals surface area contributed by atoms with Gasteiger partial charge in [-0.3, -0.25) is 9.79 Å². The first-order valence-electron chi connectivity index (χ1n) is 8.97. The molecule has 0 fully saturated rings. The van der Waals surface area contributed by atoms with Gasteiger partial charge in [0.1, 0.15) is 0 Å². The summed E-state index contributed by atoms with van der Waals surface area (Å²) >= 11 is 0. The highest BCUT2D eigenvalue weighted by Crippen LogP contribution is 2.05. The summed E-state index contributed by atoms with van der Waals surface area (Å²) in [5, 5.41) is 9.30. The Morgan fingerprint density at radius 3 is 2.64 bits per heavy atom. The largest absolute Gasteiger partial charge is 0.356 e. The van der Waals surface area contributed by atoms with Gasteiger partial charge in [-0.2, -0.15) is 0 Å². The van der Waals surface area contributed by atoms with E-state index in [9.17, 15) is 4.79 Å². The third-order valence-corrected chi connectivity index (χ3v) is 4.45. The van der Waals surface area contributed by atoms with Gasteiger partial charge in [-0.25, -0.2) is 0 Å². The molecule has 0 spiro atoms. The Labute approximate surface area is 152 Å². The van der Waals surface area contributed by atoms with E-state index in [1.165, 1.54) is 0 Å². The van der Waals surface area contributed by atoms with Gasteiger partial charge >= 0.3 is 0 Å². The molecule has 1 unspecified atom stereocenters. The molecule has 0 radical (unpaired) electrons. The molecule has 6 heteroatoms. The number of carbonyl (C=O) groups excluding carboxylic acids is 1. The zero-order valence-corrected chi connectivity index (χ0v) is 16.2. The molecule has 0 saturated carbocycles. The molecule has 0 aliphatic heterocycles. The molecule has 0 saturated heterocycles. The Morgan fingerprint density at radius 1 is 1.28 bits per heavy atom. The van der Waals surface area contributed by atoms with Crippen LogP contribution in [0.25, 0.3) is 0 Å². The van der Waals surface area contributed by atoms with Crippen LogP contribution in [0.3, 0.4) is 0 Å². The van der Waals surface area contributed by atoms with Crippen LogP contribution in [0.4, 0.5) is 0 Å². The summed E-state index contributed by atoms with van der Waals surface area (Å²) < 4.78 is 0. The minimum atomic E-state index is -0.0577. The number of carbonyl (C=O) groups is 1. The molecular formula is C19H33N5O. The summed E-state index contributed by atoms with van der Waals surface area (Å²) in [6.45, 7) is 7.03. The molecule has 3 N–H and O–H groups in total. The lowest BCUT2D eigenvalue weighted by molar-refractivity contribution is 0.0963. The number of likely N-dealkylation sites (N-methyl/N-ethyl adjacent to an activating group) is 1. The monoisotopic (exact) mass is 347 g/mol. The van der Waals surface area contributed by atoms with Crippen molar-refractivity contribution in [1.82, 2.24) is 20.9 Å². The second-order valence-electron chi connectivity index (χ2n) is 6.19. The van der Waals surface area contributed by atoms with Gasteiger partial charge in [0.2, 0.25) is 0 Å². The van der Waals surface area contributed by atoms with Crippen LogP contribution in [0.5, 0.6) is 0 Å². The number of hydrogen-bond donors (Lipinski definition) is 3. The second kappa shape index (κ2) is 11.5. The third-order valence-electron chi connectivity index (χ3n) is 4.45. The molecule has 25 heavy (non-hydrogen) atoms. The highest BCUT2D eigenvalue weighted by Gasteiger charge is 2.07. The number of hydrogen-bond acceptors (Lipinski definition) is 3. The van der Waals surface area contributed by atoms with Gasteiger partial charge in [0.25, 0.3) is 5.91 Å². The van der Waals surface area contributed by atoms with Gasteiger partial charge in [0.15, 0.2) is 5.96 Å². The first kappa shape index (κ1) is 21.0. The minimum absolute atomic E-state index is 0.0577. The number of aliphatic imine (C=N–C) groups is 1. The van der Waals surface area contributed by atoms with E-state index in [0.29, 0.717) is 11.6 Å². The Kier molecular flexibility index (Phi) is 9.62. The van der Waals surface area contributed by atoms with E-state index in [1.807, 2.05) is 24.3 Å². The number of nitrogens with zero attached hydrogens (tertiary/aromatic N) is 2. The molecule has 1 aromatic carbocycles. The van der Waals surface area contributed by atoms with Gasteiger partial charge in [-0.1, -0.05) is 19.1 Å². The van der Waals surface area contributed by atoms with Gasteiger partial charge in [0, 0.05) is 45.3 Å². The summed E-state index contributed by atoms with van der Waals surface area (Å²) in [4.78, 5) is 18.3. The van der Waals surface area contributed by atoms with E-state index in [0.717, 1.165) is 44.0 Å². The maximum Gasteiger partial charge on any atom is 0.251 e. The Morgan fingerprint density at radius 2 is 2.00 bits per heavy atom. The van der Waals surface area contributed by atoms with E-state index in [2.05, 4.69) is 46.7 Å². The average molecular weight is 348 g/mol. The molecule has 6 nitrogen and oxygen atoms in total. The van der Waals surface area contributed by atoms with Crippen LogP contribution in [0.1, 0.15) is 36.2 Å². The fourth-order valence-electron chi connectivity index (χ4n) is 2.44. The molecule has 1 aromatic rings. The molecule has 0 aliphatic carbocycles. The Balaban J connectivity index is 2.37. The summed E-state index contributed by atoms with van der Waals surface area (Å²) in [5.74, 6) is 0.748. The lowest BCUT2D eigenvalue weighted by Gasteiger charge is -2.24. The fraction of sp³-hybridized carbons (Fsp3) is 0.579. The van der Waals surface area contributed by atoms with E-state index in [1.54, 1.807) is 14.1 Å². The lowest BCUT2D eigenvalue weighted by Crippen LogP contribution is -2.42. The molecule has 140 valence electrons. The molecule has 1 rings (SSSR count). The second-order valence-corrected chi connectivity index (χ2v) is 6.19. The predicted molar refractivity (Wildman–Crippen MR) is 105 cm³/mol. The quantitative estimate of drug-likeness (QED) is 0.468. The zero-order valence-electron chi connectivity index (χ0n) is 16.2. The molecule has 0 aliphatic rings. The van der Waals surface area contributed by atoms with Crippen LogP contribution < -0.4 is 16.0 Å². The van der Waals surface area contributed by atoms with E-state index >= 15 is 0 Å². The van der Waals surface area contributed by atoms with Crippen LogP contribution >= 0.6 is 0 Å². The standard InChI is InChI=1S/C19H33N5O/c1-6-15(2)24(5)13-12-23-19(21-4)22-11-10-16-8-7-9-17(14-16)18(25)20-3/h7-9,14-15H,6,10-13H2,1-5H3,(H,20,25)(H2,21,22,23). The summed E-state index contributed by atoms with van der Waals surface area (Å²) in [6, 6.07) is 8.29. The Hall–Kier alpha value is -2.08. The van der Waals surface area contributed by atoms with Crippen molar-refractivity contribution in [2.24, 2.45) is 4.99 Å². The topological polar surface area (TPSA) is 68.8 Å². The smallest absolute Gasteiger partial charge is 0.251 e. The third kappa shape index (κ3) is 7.56. The SMILES string of the molecule is CCC(C)N(C)CCNC(=NC)NCCc1cccc(C(=O)NC)c1. The van der Waals surface area contributed by atoms with Gasteiger partial charge in [-0.15, -0.1) is 0 Å². The maximum absolute atomic E-state index is 11.7. The van der Waals surface area contributed by atoms with Gasteiger partial charge < -0.3 is 20.9 Å². The van der Waals surface area contributed by atoms with Crippen LogP contribution in [-0.2, 0) is 6.42 Å². The van der Waals surface area contributed by atoms with E-state index in [-0.39, 0.29) is 5.91 Å². The Bertz CT molecular complexity index is 559. The average Bonchev–Trinajstić information content (AvgIpc) is 2.65. The zero-order chi connectivity index (χ0) is 18.7. The van der Waals surface area contributed by atoms with Crippen molar-refractivity contribution in [3.8, 4) is 0 Å². The van der Waals surface area contributed by atoms with Crippen molar-refractivity contribution in [1.29, 1.82) is 0 Å². The van der Waals surface area contributed by atoms with Crippen molar-refractivity contribution in [3.05, 3.63) is 35.4 Å². The normalized spacial score (nSPS) is 12.8. The molecule has 0 heterocycles. The van der Waals surface area contributed by atoms with E-state index < -0.39 is 0 Å². The summed E-state index contributed by atoms with van der Waals surface area (Å²) in [5.41, 5.74) is 1.82. The summed E-state index contributed by atoms with van der Waals surface area (Å²) in [7, 11) is 5.57. The van der Waals surface area contributed by atoms with Crippen molar-refractivity contribution in [2.45, 2.75) is 32.7 Å². The number of guanidine groups is 1. The summed E-state index contributed by atoms with van der Waals surface area (Å²) in [6.07, 6.45) is 1.98. The maximum atomic E-state index is 11.7.